The zero-order chi connectivity index (χ0) is 13.8. The van der Waals surface area contributed by atoms with Crippen LogP contribution in [-0.2, 0) is 0 Å². The summed E-state index contributed by atoms with van der Waals surface area (Å²) in [7, 11) is 0. The van der Waals surface area contributed by atoms with Crippen LogP contribution >= 0.6 is 27.7 Å². The summed E-state index contributed by atoms with van der Waals surface area (Å²) in [6, 6.07) is 10.6. The fourth-order valence-electron chi connectivity index (χ4n) is 1.61. The molecule has 1 atom stereocenters. The summed E-state index contributed by atoms with van der Waals surface area (Å²) in [5, 5.41) is 3.24. The van der Waals surface area contributed by atoms with Gasteiger partial charge in [-0.05, 0) is 59.3 Å². The average Bonchev–Trinajstić information content (AvgIpc) is 2.78. The molecule has 0 radical (unpaired) electrons. The van der Waals surface area contributed by atoms with Gasteiger partial charge in [0.25, 0.3) is 5.76 Å². The van der Waals surface area contributed by atoms with E-state index in [1.54, 1.807) is 24.3 Å². The van der Waals surface area contributed by atoms with Gasteiger partial charge in [0.05, 0.1) is 6.04 Å². The van der Waals surface area contributed by atoms with Crippen LogP contribution in [0.3, 0.4) is 0 Å². The van der Waals surface area contributed by atoms with E-state index >= 15 is 0 Å². The Morgan fingerprint density at radius 1 is 1.16 bits per heavy atom. The third kappa shape index (κ3) is 4.24. The molecule has 0 aliphatic rings. The minimum absolute atomic E-state index is 0.0000909. The van der Waals surface area contributed by atoms with E-state index < -0.39 is 5.76 Å². The highest BCUT2D eigenvalue weighted by Crippen LogP contribution is 2.28. The van der Waals surface area contributed by atoms with Gasteiger partial charge >= 0.3 is 0 Å². The van der Waals surface area contributed by atoms with Crippen LogP contribution in [0.2, 0.25) is 0 Å². The molecule has 0 spiro atoms. The Labute approximate surface area is 122 Å². The van der Waals surface area contributed by atoms with E-state index in [2.05, 4.69) is 21.2 Å². The molecule has 0 aliphatic carbocycles. The lowest BCUT2D eigenvalue weighted by Gasteiger charge is -2.13. The van der Waals surface area contributed by atoms with E-state index in [-0.39, 0.29) is 6.04 Å². The Morgan fingerprint density at radius 3 is 2.37 bits per heavy atom. The number of anilines is 1. The molecule has 2 nitrogen and oxygen atoms in total. The average molecular weight is 348 g/mol. The molecule has 2 aromatic rings. The van der Waals surface area contributed by atoms with Crippen LogP contribution in [0.5, 0.6) is 0 Å². The summed E-state index contributed by atoms with van der Waals surface area (Å²) < 4.78 is 30.5. The Bertz CT molecular complexity index is 530. The van der Waals surface area contributed by atoms with Crippen LogP contribution in [0.1, 0.15) is 18.7 Å². The summed E-state index contributed by atoms with van der Waals surface area (Å²) in [4.78, 5) is 0.550. The Hall–Kier alpha value is -1.01. The second-order valence-electron chi connectivity index (χ2n) is 3.91. The van der Waals surface area contributed by atoms with Gasteiger partial charge in [0.15, 0.2) is 4.67 Å². The fraction of sp³-hybridized carbons (Fsp3) is 0.231. The molecule has 1 N–H and O–H groups in total. The molecule has 1 heterocycles. The molecule has 1 aromatic carbocycles. The highest BCUT2D eigenvalue weighted by molar-refractivity contribution is 9.10. The first-order valence-electron chi connectivity index (χ1n) is 5.61. The molecular formula is C13H12BrF2NOS. The van der Waals surface area contributed by atoms with Crippen molar-refractivity contribution in [2.45, 2.75) is 23.6 Å². The van der Waals surface area contributed by atoms with Crippen molar-refractivity contribution < 1.29 is 13.2 Å². The molecule has 0 fully saturated rings. The first-order chi connectivity index (χ1) is 9.04. The number of rotatable bonds is 5. The van der Waals surface area contributed by atoms with Crippen molar-refractivity contribution in [3.05, 3.63) is 46.8 Å². The topological polar surface area (TPSA) is 25.2 Å². The Morgan fingerprint density at radius 2 is 1.84 bits per heavy atom. The van der Waals surface area contributed by atoms with Crippen LogP contribution in [0.25, 0.3) is 0 Å². The molecule has 0 saturated heterocycles. The van der Waals surface area contributed by atoms with E-state index in [0.717, 1.165) is 11.4 Å². The van der Waals surface area contributed by atoms with Gasteiger partial charge in [0.1, 0.15) is 5.76 Å². The minimum atomic E-state index is -2.39. The summed E-state index contributed by atoms with van der Waals surface area (Å²) in [5.41, 5.74) is 0.860. The van der Waals surface area contributed by atoms with Crippen LogP contribution < -0.4 is 5.32 Å². The SMILES string of the molecule is CC(Nc1ccc(SC(F)F)cc1)c1ccc(Br)o1. The van der Waals surface area contributed by atoms with Gasteiger partial charge in [0.2, 0.25) is 0 Å². The van der Waals surface area contributed by atoms with E-state index in [1.807, 2.05) is 19.1 Å². The third-order valence-electron chi connectivity index (χ3n) is 2.48. The lowest BCUT2D eigenvalue weighted by atomic mass is 10.2. The van der Waals surface area contributed by atoms with Gasteiger partial charge in [-0.15, -0.1) is 0 Å². The number of hydrogen-bond acceptors (Lipinski definition) is 3. The molecule has 1 aromatic heterocycles. The van der Waals surface area contributed by atoms with Crippen molar-refractivity contribution in [1.82, 2.24) is 0 Å². The van der Waals surface area contributed by atoms with Gasteiger partial charge in [-0.25, -0.2) is 0 Å². The monoisotopic (exact) mass is 347 g/mol. The lowest BCUT2D eigenvalue weighted by molar-refractivity contribution is 0.252. The highest BCUT2D eigenvalue weighted by atomic mass is 79.9. The maximum atomic E-state index is 12.2. The van der Waals surface area contributed by atoms with Gasteiger partial charge in [-0.2, -0.15) is 8.78 Å². The van der Waals surface area contributed by atoms with Crippen LogP contribution in [0, 0.1) is 0 Å². The minimum Gasteiger partial charge on any atom is -0.452 e. The van der Waals surface area contributed by atoms with Crippen molar-refractivity contribution in [2.24, 2.45) is 0 Å². The number of benzene rings is 1. The third-order valence-corrected chi connectivity index (χ3v) is 3.63. The Balaban J connectivity index is 1.99. The Kier molecular flexibility index (Phi) is 4.87. The molecular weight excluding hydrogens is 336 g/mol. The van der Waals surface area contributed by atoms with Gasteiger partial charge in [0, 0.05) is 10.6 Å². The zero-order valence-electron chi connectivity index (χ0n) is 10.1. The lowest BCUT2D eigenvalue weighted by Crippen LogP contribution is -2.05. The van der Waals surface area contributed by atoms with Crippen LogP contribution in [0.4, 0.5) is 14.5 Å². The van der Waals surface area contributed by atoms with E-state index in [4.69, 9.17) is 4.42 Å². The van der Waals surface area contributed by atoms with E-state index in [1.165, 1.54) is 0 Å². The fourth-order valence-corrected chi connectivity index (χ4v) is 2.43. The molecule has 0 saturated carbocycles. The number of halogens is 3. The summed E-state index contributed by atoms with van der Waals surface area (Å²) in [6.45, 7) is 1.97. The zero-order valence-corrected chi connectivity index (χ0v) is 12.5. The molecule has 0 bridgehead atoms. The van der Waals surface area contributed by atoms with Gasteiger partial charge in [-0.3, -0.25) is 0 Å². The quantitative estimate of drug-likeness (QED) is 0.719. The second kappa shape index (κ2) is 6.43. The summed E-state index contributed by atoms with van der Waals surface area (Å²) in [6.07, 6.45) is 0. The van der Waals surface area contributed by atoms with Crippen molar-refractivity contribution in [2.75, 3.05) is 5.32 Å². The number of alkyl halides is 2. The van der Waals surface area contributed by atoms with Crippen LogP contribution in [0.15, 0.2) is 50.4 Å². The number of thioether (sulfide) groups is 1. The number of hydrogen-bond donors (Lipinski definition) is 1. The first-order valence-corrected chi connectivity index (χ1v) is 7.28. The van der Waals surface area contributed by atoms with E-state index in [0.29, 0.717) is 21.3 Å². The first kappa shape index (κ1) is 14.4. The summed E-state index contributed by atoms with van der Waals surface area (Å²) >= 11 is 3.79. The highest BCUT2D eigenvalue weighted by Gasteiger charge is 2.10. The van der Waals surface area contributed by atoms with Crippen molar-refractivity contribution >= 4 is 33.4 Å². The van der Waals surface area contributed by atoms with Crippen molar-refractivity contribution in [3.8, 4) is 0 Å². The maximum absolute atomic E-state index is 12.2. The molecule has 6 heteroatoms. The number of furan rings is 1. The molecule has 2 rings (SSSR count). The van der Waals surface area contributed by atoms with Crippen molar-refractivity contribution in [1.29, 1.82) is 0 Å². The number of nitrogens with one attached hydrogen (secondary N) is 1. The van der Waals surface area contributed by atoms with Crippen molar-refractivity contribution in [3.63, 3.8) is 0 Å². The maximum Gasteiger partial charge on any atom is 0.288 e. The van der Waals surface area contributed by atoms with Gasteiger partial charge in [-0.1, -0.05) is 11.8 Å². The molecule has 19 heavy (non-hydrogen) atoms. The summed E-state index contributed by atoms with van der Waals surface area (Å²) in [5.74, 6) is -1.59. The predicted octanol–water partition coefficient (Wildman–Crippen LogP) is 5.53. The molecule has 1 unspecified atom stereocenters. The molecule has 0 aliphatic heterocycles. The van der Waals surface area contributed by atoms with Gasteiger partial charge < -0.3 is 9.73 Å². The second-order valence-corrected chi connectivity index (χ2v) is 5.76. The van der Waals surface area contributed by atoms with Crippen LogP contribution in [-0.4, -0.2) is 5.76 Å². The normalized spacial score (nSPS) is 12.7. The standard InChI is InChI=1S/C13H12BrF2NOS/c1-8(11-6-7-12(14)18-11)17-9-2-4-10(5-3-9)19-13(15)16/h2-8,13,17H,1H3. The molecule has 102 valence electrons. The largest absolute Gasteiger partial charge is 0.452 e. The smallest absolute Gasteiger partial charge is 0.288 e. The van der Waals surface area contributed by atoms with E-state index in [9.17, 15) is 8.78 Å². The predicted molar refractivity (Wildman–Crippen MR) is 76.7 cm³/mol. The molecule has 0 amide bonds.